The molecule has 6 heteroatoms. The minimum absolute atomic E-state index is 0.0259. The average Bonchev–Trinajstić information content (AvgIpc) is 3.03. The second-order valence-electron chi connectivity index (χ2n) is 6.53. The van der Waals surface area contributed by atoms with Crippen LogP contribution in [0.3, 0.4) is 0 Å². The van der Waals surface area contributed by atoms with Crippen molar-refractivity contribution in [2.45, 2.75) is 32.2 Å². The third-order valence-corrected chi connectivity index (χ3v) is 4.98. The molecule has 0 spiro atoms. The van der Waals surface area contributed by atoms with Gasteiger partial charge in [0.1, 0.15) is 5.69 Å². The summed E-state index contributed by atoms with van der Waals surface area (Å²) in [7, 11) is 0. The van der Waals surface area contributed by atoms with Gasteiger partial charge in [0.2, 0.25) is 5.91 Å². The van der Waals surface area contributed by atoms with Gasteiger partial charge in [-0.2, -0.15) is 0 Å². The number of fused-ring (bicyclic) bond motifs is 1. The number of carbonyl (C=O) groups excluding carboxylic acids is 1. The maximum Gasteiger partial charge on any atom is 0.226 e. The monoisotopic (exact) mass is 331 g/mol. The number of morpholine rings is 1. The fourth-order valence-electron chi connectivity index (χ4n) is 3.13. The number of rotatable bonds is 6. The second-order valence-corrected chi connectivity index (χ2v) is 6.53. The molecular weight excluding hydrogens is 306 g/mol. The molecule has 1 fully saturated rings. The lowest BCUT2D eigenvalue weighted by molar-refractivity contribution is -0.121. The number of carbonyl (C=O) groups is 1. The molecular formula is C18H25N3O3. The number of hydrogen-bond acceptors (Lipinski definition) is 5. The molecule has 1 saturated heterocycles. The first kappa shape index (κ1) is 16.9. The van der Waals surface area contributed by atoms with Gasteiger partial charge in [0.05, 0.1) is 19.6 Å². The Hall–Kier alpha value is -1.92. The summed E-state index contributed by atoms with van der Waals surface area (Å²) in [5.41, 5.74) is 1.35. The minimum Gasteiger partial charge on any atom is -0.379 e. The van der Waals surface area contributed by atoms with Gasteiger partial charge in [-0.25, -0.2) is 0 Å². The standard InChI is InChI=1S/C18H25N3O3/c1-3-18(2,21-8-10-23-11-9-21)13-19-17(22)12-15-14-6-4-5-7-16(14)24-20-15/h4-7H,3,8-13H2,1-2H3,(H,19,22)/t18-/m0/s1. The molecule has 1 amide bonds. The van der Waals surface area contributed by atoms with Gasteiger partial charge < -0.3 is 14.6 Å². The number of ether oxygens (including phenoxy) is 1. The molecule has 1 aromatic carbocycles. The van der Waals surface area contributed by atoms with Crippen molar-refractivity contribution in [3.63, 3.8) is 0 Å². The number of nitrogens with zero attached hydrogens (tertiary/aromatic N) is 2. The van der Waals surface area contributed by atoms with E-state index in [0.29, 0.717) is 17.8 Å². The van der Waals surface area contributed by atoms with Crippen molar-refractivity contribution in [2.75, 3.05) is 32.8 Å². The molecule has 24 heavy (non-hydrogen) atoms. The van der Waals surface area contributed by atoms with E-state index in [1.165, 1.54) is 0 Å². The highest BCUT2D eigenvalue weighted by Gasteiger charge is 2.31. The van der Waals surface area contributed by atoms with E-state index in [4.69, 9.17) is 9.26 Å². The first-order chi connectivity index (χ1) is 11.6. The van der Waals surface area contributed by atoms with Crippen LogP contribution in [0, 0.1) is 0 Å². The first-order valence-electron chi connectivity index (χ1n) is 8.55. The largest absolute Gasteiger partial charge is 0.379 e. The molecule has 1 aliphatic rings. The number of aromatic nitrogens is 1. The van der Waals surface area contributed by atoms with Gasteiger partial charge in [0.15, 0.2) is 5.58 Å². The van der Waals surface area contributed by atoms with Crippen LogP contribution in [-0.4, -0.2) is 54.4 Å². The third kappa shape index (κ3) is 3.60. The van der Waals surface area contributed by atoms with Crippen LogP contribution in [0.25, 0.3) is 11.0 Å². The molecule has 6 nitrogen and oxygen atoms in total. The van der Waals surface area contributed by atoms with E-state index >= 15 is 0 Å². The molecule has 0 radical (unpaired) electrons. The fraction of sp³-hybridized carbons (Fsp3) is 0.556. The predicted molar refractivity (Wildman–Crippen MR) is 91.8 cm³/mol. The van der Waals surface area contributed by atoms with E-state index in [1.807, 2.05) is 24.3 Å². The summed E-state index contributed by atoms with van der Waals surface area (Å²) in [6, 6.07) is 7.61. The maximum atomic E-state index is 12.4. The molecule has 1 N–H and O–H groups in total. The number of nitrogens with one attached hydrogen (secondary N) is 1. The van der Waals surface area contributed by atoms with E-state index in [1.54, 1.807) is 0 Å². The van der Waals surface area contributed by atoms with Gasteiger partial charge in [-0.05, 0) is 25.5 Å². The lowest BCUT2D eigenvalue weighted by atomic mass is 9.95. The lowest BCUT2D eigenvalue weighted by Gasteiger charge is -2.43. The summed E-state index contributed by atoms with van der Waals surface area (Å²) in [4.78, 5) is 14.8. The molecule has 130 valence electrons. The van der Waals surface area contributed by atoms with Crippen LogP contribution in [0.5, 0.6) is 0 Å². The van der Waals surface area contributed by atoms with E-state index in [-0.39, 0.29) is 17.9 Å². The van der Waals surface area contributed by atoms with Crippen molar-refractivity contribution >= 4 is 16.9 Å². The predicted octanol–water partition coefficient (Wildman–Crippen LogP) is 1.99. The Morgan fingerprint density at radius 1 is 1.33 bits per heavy atom. The highest BCUT2D eigenvalue weighted by Crippen LogP contribution is 2.21. The Morgan fingerprint density at radius 2 is 2.08 bits per heavy atom. The van der Waals surface area contributed by atoms with E-state index in [2.05, 4.69) is 29.2 Å². The van der Waals surface area contributed by atoms with Gasteiger partial charge in [-0.3, -0.25) is 9.69 Å². The molecule has 1 aliphatic heterocycles. The van der Waals surface area contributed by atoms with Crippen LogP contribution in [0.1, 0.15) is 26.0 Å². The van der Waals surface area contributed by atoms with Crippen LogP contribution in [-0.2, 0) is 16.0 Å². The van der Waals surface area contributed by atoms with Crippen molar-refractivity contribution in [3.8, 4) is 0 Å². The molecule has 1 aromatic heterocycles. The Kier molecular flexibility index (Phi) is 5.16. The summed E-state index contributed by atoms with van der Waals surface area (Å²) in [5.74, 6) is -0.0259. The molecule has 3 rings (SSSR count). The van der Waals surface area contributed by atoms with E-state index < -0.39 is 0 Å². The van der Waals surface area contributed by atoms with Crippen LogP contribution < -0.4 is 5.32 Å². The zero-order chi connectivity index (χ0) is 17.0. The highest BCUT2D eigenvalue weighted by molar-refractivity contribution is 5.86. The molecule has 0 bridgehead atoms. The summed E-state index contributed by atoms with van der Waals surface area (Å²) in [6.45, 7) is 8.32. The number of hydrogen-bond donors (Lipinski definition) is 1. The van der Waals surface area contributed by atoms with Gasteiger partial charge in [-0.15, -0.1) is 0 Å². The molecule has 0 aliphatic carbocycles. The average molecular weight is 331 g/mol. The summed E-state index contributed by atoms with van der Waals surface area (Å²) in [5, 5.41) is 8.00. The van der Waals surface area contributed by atoms with Crippen molar-refractivity contribution in [3.05, 3.63) is 30.0 Å². The Labute approximate surface area is 142 Å². The third-order valence-electron chi connectivity index (χ3n) is 4.98. The summed E-state index contributed by atoms with van der Waals surface area (Å²) < 4.78 is 10.7. The Balaban J connectivity index is 1.60. The van der Waals surface area contributed by atoms with Crippen molar-refractivity contribution in [1.29, 1.82) is 0 Å². The SMILES string of the molecule is CC[C@@](C)(CNC(=O)Cc1noc2ccccc12)N1CCOCC1. The van der Waals surface area contributed by atoms with Crippen LogP contribution in [0.2, 0.25) is 0 Å². The summed E-state index contributed by atoms with van der Waals surface area (Å²) >= 11 is 0. The molecule has 0 unspecified atom stereocenters. The van der Waals surface area contributed by atoms with Crippen molar-refractivity contribution in [2.24, 2.45) is 0 Å². The molecule has 1 atom stereocenters. The van der Waals surface area contributed by atoms with Crippen LogP contribution in [0.4, 0.5) is 0 Å². The quantitative estimate of drug-likeness (QED) is 0.877. The van der Waals surface area contributed by atoms with Gasteiger partial charge in [0, 0.05) is 30.6 Å². The maximum absolute atomic E-state index is 12.4. The van der Waals surface area contributed by atoms with E-state index in [0.717, 1.165) is 38.1 Å². The van der Waals surface area contributed by atoms with Gasteiger partial charge in [0.25, 0.3) is 0 Å². The Bertz CT molecular complexity index is 694. The highest BCUT2D eigenvalue weighted by atomic mass is 16.5. The second kappa shape index (κ2) is 7.32. The topological polar surface area (TPSA) is 67.6 Å². The van der Waals surface area contributed by atoms with Gasteiger partial charge in [-0.1, -0.05) is 24.2 Å². The molecule has 0 saturated carbocycles. The zero-order valence-corrected chi connectivity index (χ0v) is 14.4. The normalized spacial score (nSPS) is 18.4. The number of amides is 1. The Morgan fingerprint density at radius 3 is 2.83 bits per heavy atom. The smallest absolute Gasteiger partial charge is 0.226 e. The van der Waals surface area contributed by atoms with Gasteiger partial charge >= 0.3 is 0 Å². The first-order valence-corrected chi connectivity index (χ1v) is 8.55. The molecule has 2 heterocycles. The van der Waals surface area contributed by atoms with Crippen molar-refractivity contribution in [1.82, 2.24) is 15.4 Å². The van der Waals surface area contributed by atoms with E-state index in [9.17, 15) is 4.79 Å². The minimum atomic E-state index is -0.0503. The zero-order valence-electron chi connectivity index (χ0n) is 14.4. The number of para-hydroxylation sites is 1. The van der Waals surface area contributed by atoms with Crippen molar-refractivity contribution < 1.29 is 14.1 Å². The molecule has 2 aromatic rings. The van der Waals surface area contributed by atoms with Crippen LogP contribution in [0.15, 0.2) is 28.8 Å². The lowest BCUT2D eigenvalue weighted by Crippen LogP contribution is -2.57. The van der Waals surface area contributed by atoms with Crippen LogP contribution >= 0.6 is 0 Å². The summed E-state index contributed by atoms with van der Waals surface area (Å²) in [6.07, 6.45) is 1.21. The number of benzene rings is 1. The fourth-order valence-corrected chi connectivity index (χ4v) is 3.13.